The number of phenols is 1. The van der Waals surface area contributed by atoms with Crippen LogP contribution in [0, 0.1) is 29.1 Å². The summed E-state index contributed by atoms with van der Waals surface area (Å²) in [6, 6.07) is 2.14. The van der Waals surface area contributed by atoms with E-state index in [9.17, 15) is 35.5 Å². The lowest BCUT2D eigenvalue weighted by Gasteiger charge is -2.14. The van der Waals surface area contributed by atoms with Gasteiger partial charge in [-0.25, -0.2) is 30.4 Å². The van der Waals surface area contributed by atoms with Crippen molar-refractivity contribution in [3.8, 4) is 11.5 Å². The molecule has 0 radical (unpaired) electrons. The van der Waals surface area contributed by atoms with E-state index in [1.807, 2.05) is 0 Å². The first-order valence-corrected chi connectivity index (χ1v) is 8.40. The molecular weight excluding hydrogens is 441 g/mol. The quantitative estimate of drug-likeness (QED) is 0.426. The zero-order valence-corrected chi connectivity index (χ0v) is 14.4. The maximum atomic E-state index is 13.7. The molecule has 5 nitrogen and oxygen atoms in total. The molecule has 2 aromatic carbocycles. The van der Waals surface area contributed by atoms with Crippen LogP contribution in [0.1, 0.15) is 0 Å². The molecule has 2 aromatic rings. The highest BCUT2D eigenvalue weighted by Gasteiger charge is 2.34. The van der Waals surface area contributed by atoms with Crippen molar-refractivity contribution in [2.75, 3.05) is 11.8 Å². The summed E-state index contributed by atoms with van der Waals surface area (Å²) in [5.74, 6) is -13.0. The van der Waals surface area contributed by atoms with E-state index < -0.39 is 55.4 Å². The molecule has 0 fully saturated rings. The minimum Gasteiger partial charge on any atom is -0.503 e. The van der Waals surface area contributed by atoms with E-state index in [4.69, 9.17) is 4.74 Å². The van der Waals surface area contributed by atoms with Gasteiger partial charge in [-0.15, -0.1) is 0 Å². The number of benzene rings is 2. The van der Waals surface area contributed by atoms with Gasteiger partial charge in [-0.05, 0) is 28.1 Å². The van der Waals surface area contributed by atoms with Gasteiger partial charge in [0.1, 0.15) is 0 Å². The van der Waals surface area contributed by atoms with Crippen LogP contribution in [-0.2, 0) is 10.0 Å². The van der Waals surface area contributed by atoms with Gasteiger partial charge in [0.15, 0.2) is 39.7 Å². The van der Waals surface area contributed by atoms with Crippen LogP contribution in [0.4, 0.5) is 27.6 Å². The second-order valence-electron chi connectivity index (χ2n) is 4.48. The van der Waals surface area contributed by atoms with Gasteiger partial charge in [0, 0.05) is 0 Å². The lowest BCUT2D eigenvalue weighted by molar-refractivity contribution is 0.358. The van der Waals surface area contributed by atoms with E-state index in [0.717, 1.165) is 12.1 Å². The van der Waals surface area contributed by atoms with Crippen LogP contribution < -0.4 is 9.46 Å². The number of nitrogens with one attached hydrogen (secondary N) is 1. The second-order valence-corrected chi connectivity index (χ2v) is 6.89. The number of hydrogen-bond acceptors (Lipinski definition) is 4. The molecule has 0 bridgehead atoms. The first-order chi connectivity index (χ1) is 11.5. The van der Waals surface area contributed by atoms with Crippen molar-refractivity contribution in [3.63, 3.8) is 0 Å². The van der Waals surface area contributed by atoms with Crippen LogP contribution in [0.5, 0.6) is 11.5 Å². The molecule has 2 N–H and O–H groups in total. The smallest absolute Gasteiger partial charge is 0.268 e. The van der Waals surface area contributed by atoms with E-state index in [1.165, 1.54) is 7.11 Å². The van der Waals surface area contributed by atoms with Gasteiger partial charge in [-0.3, -0.25) is 4.72 Å². The van der Waals surface area contributed by atoms with Crippen molar-refractivity contribution in [2.45, 2.75) is 4.90 Å². The van der Waals surface area contributed by atoms with Gasteiger partial charge >= 0.3 is 0 Å². The zero-order chi connectivity index (χ0) is 19.1. The minimum absolute atomic E-state index is 0.0638. The van der Waals surface area contributed by atoms with Gasteiger partial charge in [0.05, 0.1) is 17.3 Å². The Bertz CT molecular complexity index is 939. The summed E-state index contributed by atoms with van der Waals surface area (Å²) in [4.78, 5) is -2.05. The monoisotopic (exact) mass is 447 g/mol. The summed E-state index contributed by atoms with van der Waals surface area (Å²) in [5.41, 5.74) is -0.428. The maximum absolute atomic E-state index is 13.7. The molecule has 0 saturated carbocycles. The summed E-state index contributed by atoms with van der Waals surface area (Å²) < 4.78 is 97.1. The molecule has 0 saturated heterocycles. The molecule has 0 amide bonds. The average Bonchev–Trinajstić information content (AvgIpc) is 2.55. The fourth-order valence-electron chi connectivity index (χ4n) is 1.81. The highest BCUT2D eigenvalue weighted by atomic mass is 79.9. The Morgan fingerprint density at radius 3 is 1.96 bits per heavy atom. The standard InChI is InChI=1S/C13H7BrF5NO4S/c1-24-5-3-2-4(6(14)12(5)21)20-25(22,23)13-10(18)8(16)7(15)9(17)11(13)19/h2-3,20-21H,1H3. The Labute approximate surface area is 146 Å². The maximum Gasteiger partial charge on any atom is 0.268 e. The molecule has 25 heavy (non-hydrogen) atoms. The predicted octanol–water partition coefficient (Wildman–Crippen LogP) is 3.66. The predicted molar refractivity (Wildman–Crippen MR) is 79.4 cm³/mol. The Morgan fingerprint density at radius 2 is 1.48 bits per heavy atom. The van der Waals surface area contributed by atoms with E-state index in [2.05, 4.69) is 15.9 Å². The molecule has 2 rings (SSSR count). The van der Waals surface area contributed by atoms with Crippen molar-refractivity contribution < 1.29 is 40.2 Å². The summed E-state index contributed by atoms with van der Waals surface area (Å²) in [6.07, 6.45) is 0. The van der Waals surface area contributed by atoms with Gasteiger partial charge in [-0.2, -0.15) is 0 Å². The molecule has 12 heteroatoms. The Hall–Kier alpha value is -2.08. The topological polar surface area (TPSA) is 75.6 Å². The molecule has 0 spiro atoms. The van der Waals surface area contributed by atoms with Gasteiger partial charge in [-0.1, -0.05) is 0 Å². The number of methoxy groups -OCH3 is 1. The van der Waals surface area contributed by atoms with Crippen LogP contribution in [0.15, 0.2) is 21.5 Å². The first kappa shape index (κ1) is 19.2. The lowest BCUT2D eigenvalue weighted by atomic mass is 10.3. The highest BCUT2D eigenvalue weighted by molar-refractivity contribution is 9.10. The van der Waals surface area contributed by atoms with Crippen molar-refractivity contribution in [1.29, 1.82) is 0 Å². The molecule has 0 atom stereocenters. The second kappa shape index (κ2) is 6.67. The van der Waals surface area contributed by atoms with Gasteiger partial charge < -0.3 is 9.84 Å². The number of sulfonamides is 1. The number of halogens is 6. The van der Waals surface area contributed by atoms with Crippen LogP contribution in [0.3, 0.4) is 0 Å². The number of aromatic hydroxyl groups is 1. The summed E-state index contributed by atoms with van der Waals surface area (Å²) >= 11 is 2.82. The third kappa shape index (κ3) is 3.23. The van der Waals surface area contributed by atoms with E-state index in [0.29, 0.717) is 0 Å². The Morgan fingerprint density at radius 1 is 1.00 bits per heavy atom. The first-order valence-electron chi connectivity index (χ1n) is 6.12. The normalized spacial score (nSPS) is 11.5. The SMILES string of the molecule is COc1ccc(NS(=O)(=O)c2c(F)c(F)c(F)c(F)c2F)c(Br)c1O. The zero-order valence-electron chi connectivity index (χ0n) is 12.0. The molecular formula is C13H7BrF5NO4S. The van der Waals surface area contributed by atoms with E-state index in [-0.39, 0.29) is 10.2 Å². The highest BCUT2D eigenvalue weighted by Crippen LogP contribution is 2.40. The van der Waals surface area contributed by atoms with Crippen LogP contribution in [0.2, 0.25) is 0 Å². The minimum atomic E-state index is -5.22. The summed E-state index contributed by atoms with van der Waals surface area (Å²) in [6.45, 7) is 0. The number of anilines is 1. The van der Waals surface area contributed by atoms with Crippen LogP contribution in [0.25, 0.3) is 0 Å². The van der Waals surface area contributed by atoms with E-state index >= 15 is 0 Å². The Balaban J connectivity index is 2.61. The van der Waals surface area contributed by atoms with Crippen LogP contribution in [-0.4, -0.2) is 20.6 Å². The number of rotatable bonds is 4. The van der Waals surface area contributed by atoms with Crippen molar-refractivity contribution in [3.05, 3.63) is 45.7 Å². The Kier molecular flexibility index (Phi) is 5.14. The average molecular weight is 448 g/mol. The third-order valence-corrected chi connectivity index (χ3v) is 5.17. The molecule has 0 unspecified atom stereocenters. The van der Waals surface area contributed by atoms with E-state index in [1.54, 1.807) is 4.72 Å². The molecule has 0 aromatic heterocycles. The van der Waals surface area contributed by atoms with Crippen molar-refractivity contribution >= 4 is 31.6 Å². The lowest BCUT2D eigenvalue weighted by Crippen LogP contribution is -2.19. The number of phenolic OH excluding ortho intramolecular Hbond substituents is 1. The fraction of sp³-hybridized carbons (Fsp3) is 0.0769. The largest absolute Gasteiger partial charge is 0.503 e. The summed E-state index contributed by atoms with van der Waals surface area (Å²) in [5, 5.41) is 9.76. The van der Waals surface area contributed by atoms with Crippen LogP contribution >= 0.6 is 15.9 Å². The molecule has 136 valence electrons. The van der Waals surface area contributed by atoms with Crippen molar-refractivity contribution in [2.24, 2.45) is 0 Å². The van der Waals surface area contributed by atoms with Gasteiger partial charge in [0.2, 0.25) is 5.82 Å². The number of ether oxygens (including phenoxy) is 1. The molecule has 0 heterocycles. The number of hydrogen-bond donors (Lipinski definition) is 2. The fourth-order valence-corrected chi connectivity index (χ4v) is 3.58. The molecule has 0 aliphatic carbocycles. The van der Waals surface area contributed by atoms with Crippen molar-refractivity contribution in [1.82, 2.24) is 0 Å². The molecule has 0 aliphatic rings. The summed E-state index contributed by atoms with van der Waals surface area (Å²) in [7, 11) is -4.02. The molecule has 0 aliphatic heterocycles. The third-order valence-electron chi connectivity index (χ3n) is 2.98. The van der Waals surface area contributed by atoms with Gasteiger partial charge in [0.25, 0.3) is 10.0 Å².